The molecule has 8 heteroatoms. The fourth-order valence-corrected chi connectivity index (χ4v) is 4.30. The van der Waals surface area contributed by atoms with Crippen LogP contribution in [0.2, 0.25) is 0 Å². The van der Waals surface area contributed by atoms with Crippen molar-refractivity contribution in [2.24, 2.45) is 0 Å². The Kier molecular flexibility index (Phi) is 6.62. The number of H-pyrrole nitrogens is 2. The second-order valence-electron chi connectivity index (χ2n) is 8.89. The molecule has 0 radical (unpaired) electrons. The van der Waals surface area contributed by atoms with Gasteiger partial charge in [-0.1, -0.05) is 24.3 Å². The normalized spacial score (nSPS) is 10.8. The van der Waals surface area contributed by atoms with E-state index >= 15 is 0 Å². The fourth-order valence-electron chi connectivity index (χ4n) is 4.30. The number of rotatable bonds is 4. The third-order valence-corrected chi connectivity index (χ3v) is 6.30. The Balaban J connectivity index is 0.000000156. The molecule has 192 valence electrons. The first-order valence-electron chi connectivity index (χ1n) is 12.0. The topological polar surface area (TPSA) is 116 Å². The molecule has 0 saturated heterocycles. The van der Waals surface area contributed by atoms with Crippen molar-refractivity contribution in [3.8, 4) is 45.8 Å². The molecule has 0 saturated carbocycles. The van der Waals surface area contributed by atoms with E-state index in [1.165, 1.54) is 14.2 Å². The highest BCUT2D eigenvalue weighted by Crippen LogP contribution is 2.40. The van der Waals surface area contributed by atoms with Crippen LogP contribution in [0.4, 0.5) is 0 Å². The van der Waals surface area contributed by atoms with Gasteiger partial charge in [0.05, 0.1) is 36.3 Å². The smallest absolute Gasteiger partial charge is 0.200 e. The lowest BCUT2D eigenvalue weighted by Crippen LogP contribution is -1.91. The summed E-state index contributed by atoms with van der Waals surface area (Å²) in [5.41, 5.74) is 7.33. The molecule has 2 aromatic heterocycles. The Bertz CT molecular complexity index is 1640. The summed E-state index contributed by atoms with van der Waals surface area (Å²) < 4.78 is 10.3. The molecule has 4 aromatic carbocycles. The van der Waals surface area contributed by atoms with E-state index in [1.54, 1.807) is 12.1 Å². The van der Waals surface area contributed by atoms with E-state index in [2.05, 4.69) is 19.9 Å². The largest absolute Gasteiger partial charge is 0.507 e. The third kappa shape index (κ3) is 4.71. The van der Waals surface area contributed by atoms with Crippen molar-refractivity contribution < 1.29 is 19.7 Å². The van der Waals surface area contributed by atoms with E-state index < -0.39 is 0 Å². The van der Waals surface area contributed by atoms with Crippen LogP contribution in [-0.4, -0.2) is 44.4 Å². The quantitative estimate of drug-likeness (QED) is 0.216. The van der Waals surface area contributed by atoms with Crippen molar-refractivity contribution in [3.63, 3.8) is 0 Å². The van der Waals surface area contributed by atoms with Crippen LogP contribution in [0.3, 0.4) is 0 Å². The molecule has 0 spiro atoms. The van der Waals surface area contributed by atoms with E-state index in [0.717, 1.165) is 50.1 Å². The minimum absolute atomic E-state index is 0.0186. The number of nitrogens with one attached hydrogen (secondary N) is 2. The van der Waals surface area contributed by atoms with Gasteiger partial charge in [-0.25, -0.2) is 9.97 Å². The van der Waals surface area contributed by atoms with Gasteiger partial charge in [0.15, 0.2) is 11.5 Å². The highest BCUT2D eigenvalue weighted by atomic mass is 16.5. The van der Waals surface area contributed by atoms with Crippen LogP contribution < -0.4 is 9.47 Å². The van der Waals surface area contributed by atoms with Crippen LogP contribution in [0, 0.1) is 13.8 Å². The molecule has 4 N–H and O–H groups in total. The fraction of sp³-hybridized carbons (Fsp3) is 0.133. The van der Waals surface area contributed by atoms with Gasteiger partial charge in [-0.2, -0.15) is 0 Å². The highest BCUT2D eigenvalue weighted by Gasteiger charge is 2.14. The Morgan fingerprint density at radius 2 is 1.03 bits per heavy atom. The van der Waals surface area contributed by atoms with Crippen molar-refractivity contribution >= 4 is 22.1 Å². The molecule has 0 atom stereocenters. The van der Waals surface area contributed by atoms with Crippen molar-refractivity contribution in [1.29, 1.82) is 0 Å². The molecule has 0 fully saturated rings. The number of phenolic OH excluding ortho intramolecular Hbond substituents is 2. The third-order valence-electron chi connectivity index (χ3n) is 6.30. The Labute approximate surface area is 219 Å². The summed E-state index contributed by atoms with van der Waals surface area (Å²) in [5.74, 6) is 2.56. The number of aromatic amines is 2. The Morgan fingerprint density at radius 3 is 1.45 bits per heavy atom. The number of ether oxygens (including phenoxy) is 2. The summed E-state index contributed by atoms with van der Waals surface area (Å²) >= 11 is 0. The summed E-state index contributed by atoms with van der Waals surface area (Å²) in [5, 5.41) is 19.7. The monoisotopic (exact) mass is 508 g/mol. The van der Waals surface area contributed by atoms with Gasteiger partial charge in [-0.15, -0.1) is 0 Å². The van der Waals surface area contributed by atoms with Crippen molar-refractivity contribution in [3.05, 3.63) is 83.9 Å². The van der Waals surface area contributed by atoms with E-state index in [0.29, 0.717) is 23.1 Å². The zero-order chi connectivity index (χ0) is 26.8. The Morgan fingerprint density at radius 1 is 0.605 bits per heavy atom. The molecule has 0 aliphatic heterocycles. The predicted octanol–water partition coefficient (Wildman–Crippen LogP) is 6.51. The van der Waals surface area contributed by atoms with Crippen LogP contribution >= 0.6 is 0 Å². The van der Waals surface area contributed by atoms with Crippen LogP contribution in [0.25, 0.3) is 44.8 Å². The number of benzene rings is 4. The van der Waals surface area contributed by atoms with Crippen molar-refractivity contribution in [1.82, 2.24) is 19.9 Å². The number of fused-ring (bicyclic) bond motifs is 2. The summed E-state index contributed by atoms with van der Waals surface area (Å²) in [6.45, 7) is 3.79. The second-order valence-corrected chi connectivity index (χ2v) is 8.89. The number of hydrogen-bond acceptors (Lipinski definition) is 6. The van der Waals surface area contributed by atoms with Gasteiger partial charge in [0, 0.05) is 11.1 Å². The van der Waals surface area contributed by atoms with Crippen LogP contribution in [-0.2, 0) is 0 Å². The minimum Gasteiger partial charge on any atom is -0.507 e. The lowest BCUT2D eigenvalue weighted by atomic mass is 10.1. The van der Waals surface area contributed by atoms with Crippen LogP contribution in [0.15, 0.2) is 72.8 Å². The molecule has 8 nitrogen and oxygen atoms in total. The molecule has 2 heterocycles. The number of aromatic nitrogens is 4. The number of aromatic hydroxyl groups is 2. The molecule has 0 amide bonds. The number of methoxy groups -OCH3 is 2. The Hall–Kier alpha value is -4.98. The SMILES string of the molecule is COc1cc(-c2nc3ccccc3[nH]2)cc(OC)c1O.Cc1cc(-c2nc3ccccc3[nH]2)cc(C)c1O. The van der Waals surface area contributed by atoms with E-state index in [9.17, 15) is 10.2 Å². The number of hydrogen-bond donors (Lipinski definition) is 4. The molecule has 0 aliphatic rings. The van der Waals surface area contributed by atoms with Gasteiger partial charge in [-0.3, -0.25) is 0 Å². The van der Waals surface area contributed by atoms with Gasteiger partial charge in [0.1, 0.15) is 17.4 Å². The van der Waals surface area contributed by atoms with E-state index in [4.69, 9.17) is 9.47 Å². The van der Waals surface area contributed by atoms with Gasteiger partial charge >= 0.3 is 0 Å². The summed E-state index contributed by atoms with van der Waals surface area (Å²) in [6.07, 6.45) is 0. The second kappa shape index (κ2) is 10.2. The van der Waals surface area contributed by atoms with Crippen molar-refractivity contribution in [2.75, 3.05) is 14.2 Å². The van der Waals surface area contributed by atoms with Gasteiger partial charge in [0.2, 0.25) is 5.75 Å². The summed E-state index contributed by atoms with van der Waals surface area (Å²) in [7, 11) is 2.99. The predicted molar refractivity (Wildman–Crippen MR) is 149 cm³/mol. The highest BCUT2D eigenvalue weighted by molar-refractivity contribution is 5.81. The maximum Gasteiger partial charge on any atom is 0.200 e. The van der Waals surface area contributed by atoms with Gasteiger partial charge in [0.25, 0.3) is 0 Å². The molecule has 0 aliphatic carbocycles. The number of phenols is 2. The molecule has 6 rings (SSSR count). The summed E-state index contributed by atoms with van der Waals surface area (Å²) in [4.78, 5) is 15.6. The van der Waals surface area contributed by atoms with Gasteiger partial charge < -0.3 is 29.7 Å². The minimum atomic E-state index is -0.0186. The number of para-hydroxylation sites is 4. The molecule has 6 aromatic rings. The first kappa shape index (κ1) is 24.7. The molecule has 0 bridgehead atoms. The summed E-state index contributed by atoms with van der Waals surface area (Å²) in [6, 6.07) is 23.0. The standard InChI is InChI=1S/C15H14N2O3.C15H14N2O/c1-19-12-7-9(8-13(20-2)14(12)18)15-16-10-5-3-4-6-11(10)17-15;1-9-7-11(8-10(2)14(9)18)15-16-12-5-3-4-6-13(12)17-15/h3-8,18H,1-2H3,(H,16,17);3-8,18H,1-2H3,(H,16,17). The first-order valence-corrected chi connectivity index (χ1v) is 12.0. The molecular weight excluding hydrogens is 480 g/mol. The zero-order valence-corrected chi connectivity index (χ0v) is 21.5. The van der Waals surface area contributed by atoms with Crippen LogP contribution in [0.1, 0.15) is 11.1 Å². The maximum absolute atomic E-state index is 9.92. The van der Waals surface area contributed by atoms with Gasteiger partial charge in [-0.05, 0) is 73.5 Å². The van der Waals surface area contributed by atoms with Crippen LogP contribution in [0.5, 0.6) is 23.0 Å². The van der Waals surface area contributed by atoms with E-state index in [1.807, 2.05) is 74.5 Å². The lowest BCUT2D eigenvalue weighted by molar-refractivity contribution is 0.340. The lowest BCUT2D eigenvalue weighted by Gasteiger charge is -2.09. The zero-order valence-electron chi connectivity index (χ0n) is 21.5. The molecular formula is C30H28N4O4. The maximum atomic E-state index is 9.92. The van der Waals surface area contributed by atoms with E-state index in [-0.39, 0.29) is 5.75 Å². The number of imidazole rings is 2. The average molecular weight is 509 g/mol. The number of aryl methyl sites for hydroxylation is 2. The van der Waals surface area contributed by atoms with Crippen molar-refractivity contribution in [2.45, 2.75) is 13.8 Å². The first-order chi connectivity index (χ1) is 18.4. The number of nitrogens with zero attached hydrogens (tertiary/aromatic N) is 2. The average Bonchev–Trinajstić information content (AvgIpc) is 3.56. The molecule has 0 unspecified atom stereocenters. The molecule has 38 heavy (non-hydrogen) atoms.